The minimum atomic E-state index is 0.598. The molecule has 6 aromatic rings. The lowest BCUT2D eigenvalue weighted by molar-refractivity contribution is 1.12. The minimum Gasteiger partial charge on any atom is -0.397 e. The summed E-state index contributed by atoms with van der Waals surface area (Å²) >= 11 is 1.72. The number of nitrogens with two attached hydrogens (primary N) is 1. The predicted octanol–water partition coefficient (Wildman–Crippen LogP) is 5.91. The van der Waals surface area contributed by atoms with Gasteiger partial charge in [-0.1, -0.05) is 6.58 Å². The van der Waals surface area contributed by atoms with Crippen LogP contribution >= 0.6 is 11.3 Å². The van der Waals surface area contributed by atoms with E-state index in [0.717, 1.165) is 60.6 Å². The van der Waals surface area contributed by atoms with Gasteiger partial charge in [0.05, 0.1) is 34.3 Å². The van der Waals surface area contributed by atoms with Crippen LogP contribution in [0, 0.1) is 0 Å². The zero-order chi connectivity index (χ0) is 22.5. The molecule has 0 bridgehead atoms. The average molecular weight is 450 g/mol. The molecule has 0 unspecified atom stereocenters. The largest absolute Gasteiger partial charge is 0.397 e. The van der Waals surface area contributed by atoms with Gasteiger partial charge in [0, 0.05) is 44.9 Å². The number of H-pyrrole nitrogens is 2. The van der Waals surface area contributed by atoms with Crippen LogP contribution in [0.15, 0.2) is 67.8 Å². The molecule has 0 atom stereocenters. The molecule has 0 spiro atoms. The van der Waals surface area contributed by atoms with Gasteiger partial charge in [0.15, 0.2) is 0 Å². The minimum absolute atomic E-state index is 0.598. The molecule has 0 saturated carbocycles. The van der Waals surface area contributed by atoms with Crippen LogP contribution in [0.4, 0.5) is 5.69 Å². The lowest BCUT2D eigenvalue weighted by Gasteiger charge is -2.02. The van der Waals surface area contributed by atoms with Crippen molar-refractivity contribution in [1.29, 1.82) is 0 Å². The first-order valence-electron chi connectivity index (χ1n) is 10.4. The molecule has 33 heavy (non-hydrogen) atoms. The summed E-state index contributed by atoms with van der Waals surface area (Å²) in [5.74, 6) is 0. The van der Waals surface area contributed by atoms with E-state index in [-0.39, 0.29) is 0 Å². The van der Waals surface area contributed by atoms with Gasteiger partial charge in [-0.2, -0.15) is 5.10 Å². The van der Waals surface area contributed by atoms with Gasteiger partial charge in [0.2, 0.25) is 0 Å². The number of nitrogens with one attached hydrogen (secondary N) is 2. The van der Waals surface area contributed by atoms with Crippen molar-refractivity contribution in [1.82, 2.24) is 30.1 Å². The standard InChI is InChI=1S/C25H19N7S/c1-13(2)22-5-6-23(33-22)17-11-28-12-21-16(17)8-20(29-21)25-24-19(31-32-25)4-3-18(30-24)14-7-15(26)10-27-9-14/h3-12,29H,1,26H2,2H3,(H,31,32). The first-order chi connectivity index (χ1) is 16.1. The summed E-state index contributed by atoms with van der Waals surface area (Å²) in [6.07, 6.45) is 7.11. The molecule has 4 N–H and O–H groups in total. The maximum absolute atomic E-state index is 5.91. The number of aromatic nitrogens is 6. The molecule has 0 aliphatic carbocycles. The molecule has 6 heterocycles. The third-order valence-electron chi connectivity index (χ3n) is 5.56. The lowest BCUT2D eigenvalue weighted by atomic mass is 10.1. The van der Waals surface area contributed by atoms with Gasteiger partial charge < -0.3 is 10.7 Å². The smallest absolute Gasteiger partial charge is 0.135 e. The van der Waals surface area contributed by atoms with E-state index in [1.165, 1.54) is 4.88 Å². The highest BCUT2D eigenvalue weighted by atomic mass is 32.1. The molecule has 0 saturated heterocycles. The summed E-state index contributed by atoms with van der Waals surface area (Å²) in [5.41, 5.74) is 14.5. The molecule has 0 aliphatic rings. The van der Waals surface area contributed by atoms with Crippen LogP contribution < -0.4 is 5.73 Å². The number of nitrogen functional groups attached to an aromatic ring is 1. The fourth-order valence-corrected chi connectivity index (χ4v) is 4.89. The molecular formula is C25H19N7S. The molecule has 6 rings (SSSR count). The molecule has 0 radical (unpaired) electrons. The van der Waals surface area contributed by atoms with E-state index in [1.807, 2.05) is 37.5 Å². The SMILES string of the molecule is C=C(C)c1ccc(-c2cncc3[nH]c(-c4n[nH]c5ccc(-c6cncc(N)c6)nc45)cc23)s1. The predicted molar refractivity (Wildman–Crippen MR) is 135 cm³/mol. The molecule has 8 heteroatoms. The number of thiophene rings is 1. The fourth-order valence-electron chi connectivity index (χ4n) is 3.93. The quantitative estimate of drug-likeness (QED) is 0.310. The van der Waals surface area contributed by atoms with Gasteiger partial charge in [-0.05, 0) is 48.9 Å². The van der Waals surface area contributed by atoms with Crippen LogP contribution in [-0.4, -0.2) is 30.1 Å². The first-order valence-corrected chi connectivity index (χ1v) is 11.2. The van der Waals surface area contributed by atoms with Crippen molar-refractivity contribution in [3.8, 4) is 33.1 Å². The third-order valence-corrected chi connectivity index (χ3v) is 6.84. The van der Waals surface area contributed by atoms with Crippen LogP contribution in [0.2, 0.25) is 0 Å². The number of aromatic amines is 2. The number of fused-ring (bicyclic) bond motifs is 2. The average Bonchev–Trinajstić information content (AvgIpc) is 3.55. The highest BCUT2D eigenvalue weighted by Gasteiger charge is 2.16. The van der Waals surface area contributed by atoms with E-state index >= 15 is 0 Å². The van der Waals surface area contributed by atoms with Crippen molar-refractivity contribution < 1.29 is 0 Å². The zero-order valence-electron chi connectivity index (χ0n) is 17.8. The van der Waals surface area contributed by atoms with Crippen LogP contribution in [0.3, 0.4) is 0 Å². The zero-order valence-corrected chi connectivity index (χ0v) is 18.6. The Kier molecular flexibility index (Phi) is 4.34. The molecule has 160 valence electrons. The van der Waals surface area contributed by atoms with Gasteiger partial charge in [-0.15, -0.1) is 11.3 Å². The van der Waals surface area contributed by atoms with Crippen molar-refractivity contribution in [2.24, 2.45) is 0 Å². The van der Waals surface area contributed by atoms with Gasteiger partial charge in [-0.3, -0.25) is 15.1 Å². The molecule has 0 aliphatic heterocycles. The molecule has 6 aromatic heterocycles. The Labute approximate surface area is 193 Å². The summed E-state index contributed by atoms with van der Waals surface area (Å²) < 4.78 is 0. The van der Waals surface area contributed by atoms with Crippen molar-refractivity contribution in [3.05, 3.63) is 72.6 Å². The van der Waals surface area contributed by atoms with E-state index in [9.17, 15) is 0 Å². The van der Waals surface area contributed by atoms with Crippen molar-refractivity contribution in [3.63, 3.8) is 0 Å². The maximum atomic E-state index is 5.91. The summed E-state index contributed by atoms with van der Waals surface area (Å²) in [5, 5.41) is 8.73. The number of hydrogen-bond donors (Lipinski definition) is 3. The van der Waals surface area contributed by atoms with Crippen LogP contribution in [0.25, 0.3) is 60.6 Å². The Morgan fingerprint density at radius 2 is 1.88 bits per heavy atom. The summed E-state index contributed by atoms with van der Waals surface area (Å²) in [7, 11) is 0. The lowest BCUT2D eigenvalue weighted by Crippen LogP contribution is -1.90. The van der Waals surface area contributed by atoms with Crippen LogP contribution in [0.1, 0.15) is 11.8 Å². The Hall–Kier alpha value is -4.30. The van der Waals surface area contributed by atoms with Gasteiger partial charge in [-0.25, -0.2) is 4.98 Å². The Balaban J connectivity index is 1.48. The fraction of sp³-hybridized carbons (Fsp3) is 0.0400. The van der Waals surface area contributed by atoms with Crippen molar-refractivity contribution in [2.45, 2.75) is 6.92 Å². The van der Waals surface area contributed by atoms with Gasteiger partial charge in [0.1, 0.15) is 11.2 Å². The number of allylic oxidation sites excluding steroid dienone is 1. The van der Waals surface area contributed by atoms with Gasteiger partial charge >= 0.3 is 0 Å². The van der Waals surface area contributed by atoms with Crippen molar-refractivity contribution in [2.75, 3.05) is 5.73 Å². The summed E-state index contributed by atoms with van der Waals surface area (Å²) in [6, 6.07) is 12.1. The topological polar surface area (TPSA) is 109 Å². The Morgan fingerprint density at radius 3 is 2.70 bits per heavy atom. The number of hydrogen-bond acceptors (Lipinski definition) is 6. The van der Waals surface area contributed by atoms with Crippen molar-refractivity contribution >= 4 is 44.5 Å². The molecule has 0 amide bonds. The first kappa shape index (κ1) is 19.4. The second kappa shape index (κ2) is 7.39. The van der Waals surface area contributed by atoms with E-state index < -0.39 is 0 Å². The van der Waals surface area contributed by atoms with Gasteiger partial charge in [0.25, 0.3) is 0 Å². The summed E-state index contributed by atoms with van der Waals surface area (Å²) in [4.78, 5) is 19.3. The summed E-state index contributed by atoms with van der Waals surface area (Å²) in [6.45, 7) is 6.07. The number of rotatable bonds is 4. The van der Waals surface area contributed by atoms with E-state index in [2.05, 4.69) is 49.9 Å². The third kappa shape index (κ3) is 3.28. The highest BCUT2D eigenvalue weighted by molar-refractivity contribution is 7.16. The second-order valence-electron chi connectivity index (χ2n) is 7.95. The molecule has 7 nitrogen and oxygen atoms in total. The maximum Gasteiger partial charge on any atom is 0.135 e. The number of nitrogens with zero attached hydrogens (tertiary/aromatic N) is 4. The highest BCUT2D eigenvalue weighted by Crippen LogP contribution is 2.37. The molecule has 0 aromatic carbocycles. The van der Waals surface area contributed by atoms with E-state index in [1.54, 1.807) is 23.7 Å². The second-order valence-corrected chi connectivity index (χ2v) is 9.03. The monoisotopic (exact) mass is 449 g/mol. The number of pyridine rings is 3. The molecule has 0 fully saturated rings. The van der Waals surface area contributed by atoms with Crippen LogP contribution in [0.5, 0.6) is 0 Å². The number of anilines is 1. The normalized spacial score (nSPS) is 11.4. The Morgan fingerprint density at radius 1 is 1.00 bits per heavy atom. The Bertz CT molecular complexity index is 1670. The van der Waals surface area contributed by atoms with E-state index in [0.29, 0.717) is 5.69 Å². The molecular weight excluding hydrogens is 430 g/mol. The van der Waals surface area contributed by atoms with E-state index in [4.69, 9.17) is 10.7 Å². The van der Waals surface area contributed by atoms with Crippen LogP contribution in [-0.2, 0) is 0 Å².